The van der Waals surface area contributed by atoms with Crippen LogP contribution in [0.25, 0.3) is 0 Å². The van der Waals surface area contributed by atoms with E-state index in [-0.39, 0.29) is 5.41 Å². The summed E-state index contributed by atoms with van der Waals surface area (Å²) in [5, 5.41) is 0. The van der Waals surface area contributed by atoms with Gasteiger partial charge in [-0.3, -0.25) is 9.88 Å². The van der Waals surface area contributed by atoms with E-state index in [4.69, 9.17) is 4.74 Å². The third-order valence-corrected chi connectivity index (χ3v) is 3.51. The van der Waals surface area contributed by atoms with Gasteiger partial charge in [0.2, 0.25) is 0 Å². The molecule has 2 heterocycles. The first-order valence-electron chi connectivity index (χ1n) is 7.44. The zero-order chi connectivity index (χ0) is 15.2. The summed E-state index contributed by atoms with van der Waals surface area (Å²) in [5.74, 6) is 0. The summed E-state index contributed by atoms with van der Waals surface area (Å²) >= 11 is 0. The quantitative estimate of drug-likeness (QED) is 0.726. The van der Waals surface area contributed by atoms with E-state index in [1.807, 2.05) is 12.4 Å². The molecule has 0 atom stereocenters. The van der Waals surface area contributed by atoms with Gasteiger partial charge < -0.3 is 4.74 Å². The summed E-state index contributed by atoms with van der Waals surface area (Å²) in [7, 11) is 0. The predicted octanol–water partition coefficient (Wildman–Crippen LogP) is 3.50. The summed E-state index contributed by atoms with van der Waals surface area (Å²) in [6, 6.07) is 4.11. The predicted molar refractivity (Wildman–Crippen MR) is 85.1 cm³/mol. The van der Waals surface area contributed by atoms with Gasteiger partial charge in [-0.15, -0.1) is 0 Å². The Morgan fingerprint density at radius 1 is 0.950 bits per heavy atom. The Hall–Kier alpha value is -0.930. The second-order valence-corrected chi connectivity index (χ2v) is 7.26. The molecule has 1 fully saturated rings. The Balaban J connectivity index is 0.000000200. The maximum absolute atomic E-state index is 5.25. The van der Waals surface area contributed by atoms with Crippen molar-refractivity contribution in [2.24, 2.45) is 0 Å². The lowest BCUT2D eigenvalue weighted by molar-refractivity contribution is -0.00389. The normalized spacial score (nSPS) is 17.3. The third kappa shape index (κ3) is 6.02. The van der Waals surface area contributed by atoms with Crippen LogP contribution in [0.3, 0.4) is 0 Å². The Bertz CT molecular complexity index is 370. The molecule has 0 aromatic carbocycles. The van der Waals surface area contributed by atoms with Crippen molar-refractivity contribution in [3.8, 4) is 0 Å². The lowest BCUT2D eigenvalue weighted by atomic mass is 9.88. The molecule has 0 spiro atoms. The van der Waals surface area contributed by atoms with Gasteiger partial charge in [-0.1, -0.05) is 20.8 Å². The molecule has 3 heteroatoms. The number of pyridine rings is 1. The van der Waals surface area contributed by atoms with Gasteiger partial charge in [0.05, 0.1) is 13.2 Å². The van der Waals surface area contributed by atoms with Crippen molar-refractivity contribution in [1.82, 2.24) is 9.88 Å². The fourth-order valence-corrected chi connectivity index (χ4v) is 2.09. The van der Waals surface area contributed by atoms with E-state index in [0.717, 1.165) is 26.3 Å². The average molecular weight is 278 g/mol. The van der Waals surface area contributed by atoms with E-state index in [9.17, 15) is 0 Å². The Labute approximate surface area is 124 Å². The van der Waals surface area contributed by atoms with E-state index >= 15 is 0 Å². The van der Waals surface area contributed by atoms with Gasteiger partial charge in [-0.2, -0.15) is 0 Å². The van der Waals surface area contributed by atoms with Crippen molar-refractivity contribution in [2.45, 2.75) is 52.5 Å². The topological polar surface area (TPSA) is 25.4 Å². The Morgan fingerprint density at radius 2 is 1.45 bits per heavy atom. The highest BCUT2D eigenvalue weighted by molar-refractivity contribution is 5.18. The Kier molecular flexibility index (Phi) is 6.15. The molecule has 20 heavy (non-hydrogen) atoms. The summed E-state index contributed by atoms with van der Waals surface area (Å²) in [6.07, 6.45) is 3.67. The van der Waals surface area contributed by atoms with Gasteiger partial charge in [0.25, 0.3) is 0 Å². The molecular weight excluding hydrogens is 248 g/mol. The summed E-state index contributed by atoms with van der Waals surface area (Å²) in [6.45, 7) is 17.3. The molecule has 1 saturated heterocycles. The lowest BCUT2D eigenvalue weighted by Gasteiger charge is -2.38. The van der Waals surface area contributed by atoms with Crippen LogP contribution in [0, 0.1) is 0 Å². The SMILES string of the molecule is CC(C)(C)N1CCOCC1.CC(C)(C)c1ccncc1. The fourth-order valence-electron chi connectivity index (χ4n) is 2.09. The molecule has 0 aliphatic carbocycles. The van der Waals surface area contributed by atoms with E-state index in [1.54, 1.807) is 0 Å². The average Bonchev–Trinajstić information content (AvgIpc) is 2.40. The fraction of sp³-hybridized carbons (Fsp3) is 0.706. The van der Waals surface area contributed by atoms with Gasteiger partial charge in [-0.25, -0.2) is 0 Å². The molecule has 1 aromatic heterocycles. The summed E-state index contributed by atoms with van der Waals surface area (Å²) < 4.78 is 5.25. The number of aromatic nitrogens is 1. The minimum atomic E-state index is 0.253. The van der Waals surface area contributed by atoms with Crippen molar-refractivity contribution >= 4 is 0 Å². The molecule has 1 aliphatic heterocycles. The zero-order valence-corrected chi connectivity index (χ0v) is 13.9. The van der Waals surface area contributed by atoms with E-state index in [0.29, 0.717) is 5.54 Å². The number of hydrogen-bond donors (Lipinski definition) is 0. The lowest BCUT2D eigenvalue weighted by Crippen LogP contribution is -2.47. The van der Waals surface area contributed by atoms with Crippen LogP contribution in [0.15, 0.2) is 24.5 Å². The van der Waals surface area contributed by atoms with Crippen molar-refractivity contribution in [3.05, 3.63) is 30.1 Å². The van der Waals surface area contributed by atoms with Gasteiger partial charge in [-0.05, 0) is 43.9 Å². The maximum Gasteiger partial charge on any atom is 0.0594 e. The first-order valence-corrected chi connectivity index (χ1v) is 7.44. The first kappa shape index (κ1) is 17.1. The maximum atomic E-state index is 5.25. The Morgan fingerprint density at radius 3 is 1.75 bits per heavy atom. The van der Waals surface area contributed by atoms with Gasteiger partial charge >= 0.3 is 0 Å². The van der Waals surface area contributed by atoms with Crippen LogP contribution < -0.4 is 0 Å². The van der Waals surface area contributed by atoms with Crippen LogP contribution in [0.2, 0.25) is 0 Å². The summed E-state index contributed by atoms with van der Waals surface area (Å²) in [5.41, 5.74) is 1.91. The molecule has 0 radical (unpaired) electrons. The van der Waals surface area contributed by atoms with Crippen LogP contribution in [0.1, 0.15) is 47.1 Å². The van der Waals surface area contributed by atoms with Gasteiger partial charge in [0, 0.05) is 31.0 Å². The number of nitrogens with zero attached hydrogens (tertiary/aromatic N) is 2. The number of morpholine rings is 1. The highest BCUT2D eigenvalue weighted by Gasteiger charge is 2.22. The van der Waals surface area contributed by atoms with Gasteiger partial charge in [0.1, 0.15) is 0 Å². The van der Waals surface area contributed by atoms with Crippen molar-refractivity contribution in [2.75, 3.05) is 26.3 Å². The smallest absolute Gasteiger partial charge is 0.0594 e. The van der Waals surface area contributed by atoms with Gasteiger partial charge in [0.15, 0.2) is 0 Å². The number of ether oxygens (including phenoxy) is 1. The van der Waals surface area contributed by atoms with Crippen molar-refractivity contribution in [3.63, 3.8) is 0 Å². The molecule has 1 aliphatic rings. The molecule has 0 unspecified atom stereocenters. The minimum Gasteiger partial charge on any atom is -0.379 e. The second kappa shape index (κ2) is 7.19. The molecule has 0 N–H and O–H groups in total. The molecule has 0 amide bonds. The minimum absolute atomic E-state index is 0.253. The molecule has 0 bridgehead atoms. The monoisotopic (exact) mass is 278 g/mol. The van der Waals surface area contributed by atoms with Crippen LogP contribution in [0.5, 0.6) is 0 Å². The largest absolute Gasteiger partial charge is 0.379 e. The highest BCUT2D eigenvalue weighted by atomic mass is 16.5. The zero-order valence-electron chi connectivity index (χ0n) is 13.9. The highest BCUT2D eigenvalue weighted by Crippen LogP contribution is 2.20. The van der Waals surface area contributed by atoms with E-state index in [2.05, 4.69) is 63.6 Å². The molecule has 114 valence electrons. The van der Waals surface area contributed by atoms with E-state index in [1.165, 1.54) is 5.56 Å². The molecular formula is C17H30N2O. The standard InChI is InChI=1S/C9H13N.C8H17NO/c1-9(2,3)8-4-6-10-7-5-8;1-8(2,3)9-4-6-10-7-5-9/h4-7H,1-3H3;4-7H2,1-3H3. The second-order valence-electron chi connectivity index (χ2n) is 7.26. The molecule has 3 nitrogen and oxygen atoms in total. The van der Waals surface area contributed by atoms with Crippen molar-refractivity contribution in [1.29, 1.82) is 0 Å². The van der Waals surface area contributed by atoms with Crippen molar-refractivity contribution < 1.29 is 4.74 Å². The molecule has 2 rings (SSSR count). The number of rotatable bonds is 0. The number of hydrogen-bond acceptors (Lipinski definition) is 3. The summed E-state index contributed by atoms with van der Waals surface area (Å²) in [4.78, 5) is 6.41. The first-order chi connectivity index (χ1) is 9.21. The third-order valence-electron chi connectivity index (χ3n) is 3.51. The van der Waals surface area contributed by atoms with Crippen LogP contribution in [-0.4, -0.2) is 41.7 Å². The van der Waals surface area contributed by atoms with Crippen LogP contribution in [-0.2, 0) is 10.2 Å². The van der Waals surface area contributed by atoms with Crippen LogP contribution in [0.4, 0.5) is 0 Å². The molecule has 1 aromatic rings. The van der Waals surface area contributed by atoms with E-state index < -0.39 is 0 Å². The van der Waals surface area contributed by atoms with Crippen LogP contribution >= 0.6 is 0 Å². The molecule has 0 saturated carbocycles.